The van der Waals surface area contributed by atoms with E-state index in [0.717, 1.165) is 0 Å². The van der Waals surface area contributed by atoms with Crippen molar-refractivity contribution in [3.05, 3.63) is 52.3 Å². The maximum absolute atomic E-state index is 11.2. The van der Waals surface area contributed by atoms with Crippen molar-refractivity contribution in [2.45, 2.75) is 0 Å². The normalized spacial score (nSPS) is 10.7. The number of hydrogen-bond acceptors (Lipinski definition) is 6. The van der Waals surface area contributed by atoms with Gasteiger partial charge in [-0.2, -0.15) is 0 Å². The number of aromatic nitrogens is 3. The summed E-state index contributed by atoms with van der Waals surface area (Å²) in [6.07, 6.45) is 3.74. The number of carbonyl (C=O) groups is 1. The minimum atomic E-state index is -0.480. The summed E-state index contributed by atoms with van der Waals surface area (Å²) in [4.78, 5) is 25.3. The smallest absolute Gasteiger partial charge is 0.269 e. The van der Waals surface area contributed by atoms with E-state index in [0.29, 0.717) is 28.5 Å². The number of nitrogens with two attached hydrogens (primary N) is 1. The fourth-order valence-electron chi connectivity index (χ4n) is 2.15. The maximum Gasteiger partial charge on any atom is 0.269 e. The summed E-state index contributed by atoms with van der Waals surface area (Å²) in [5, 5.41) is 14.7. The quantitative estimate of drug-likeness (QED) is 0.444. The Hall–Kier alpha value is -3.29. The molecule has 0 radical (unpaired) electrons. The highest BCUT2D eigenvalue weighted by atomic mass is 16.6. The molecular formula is C13H9N5O3. The number of carbonyl (C=O) groups excluding carboxylic acids is 1. The number of non-ortho nitro benzene ring substituents is 1. The standard InChI is InChI=1S/C13H9N5O3/c14-13-15-5-11-12(9(7-19)6-17(11)16-13)8-1-3-10(4-2-8)18(20)21/h1-7H,(H2,14,16). The Labute approximate surface area is 118 Å². The number of aldehydes is 1. The lowest BCUT2D eigenvalue weighted by atomic mass is 10.0. The number of rotatable bonds is 3. The van der Waals surface area contributed by atoms with E-state index in [9.17, 15) is 14.9 Å². The van der Waals surface area contributed by atoms with Crippen molar-refractivity contribution in [1.29, 1.82) is 0 Å². The third-order valence-electron chi connectivity index (χ3n) is 3.08. The zero-order valence-electron chi connectivity index (χ0n) is 10.6. The van der Waals surface area contributed by atoms with E-state index >= 15 is 0 Å². The summed E-state index contributed by atoms with van der Waals surface area (Å²) in [7, 11) is 0. The molecule has 0 spiro atoms. The van der Waals surface area contributed by atoms with Gasteiger partial charge in [0.05, 0.1) is 16.6 Å². The van der Waals surface area contributed by atoms with Crippen LogP contribution in [0.3, 0.4) is 0 Å². The molecule has 2 aromatic heterocycles. The van der Waals surface area contributed by atoms with Gasteiger partial charge in [0.15, 0.2) is 6.29 Å². The lowest BCUT2D eigenvalue weighted by Crippen LogP contribution is -1.99. The van der Waals surface area contributed by atoms with Gasteiger partial charge in [0.2, 0.25) is 5.95 Å². The van der Waals surface area contributed by atoms with Crippen molar-refractivity contribution in [2.75, 3.05) is 5.73 Å². The second kappa shape index (κ2) is 4.67. The highest BCUT2D eigenvalue weighted by Gasteiger charge is 2.15. The van der Waals surface area contributed by atoms with E-state index < -0.39 is 4.92 Å². The molecule has 104 valence electrons. The minimum absolute atomic E-state index is 0.0181. The van der Waals surface area contributed by atoms with Gasteiger partial charge in [0.1, 0.15) is 0 Å². The first-order valence-electron chi connectivity index (χ1n) is 5.94. The number of nitro benzene ring substituents is 1. The number of benzene rings is 1. The second-order valence-corrected chi connectivity index (χ2v) is 4.33. The molecule has 0 aliphatic heterocycles. The molecule has 0 fully saturated rings. The van der Waals surface area contributed by atoms with E-state index in [2.05, 4.69) is 10.1 Å². The molecule has 0 aliphatic carbocycles. The Bertz CT molecular complexity index is 854. The first-order chi connectivity index (χ1) is 10.1. The van der Waals surface area contributed by atoms with Crippen LogP contribution in [0.25, 0.3) is 16.6 Å². The Morgan fingerprint density at radius 3 is 2.62 bits per heavy atom. The van der Waals surface area contributed by atoms with Crippen LogP contribution in [0, 0.1) is 10.1 Å². The number of fused-ring (bicyclic) bond motifs is 1. The highest BCUT2D eigenvalue weighted by Crippen LogP contribution is 2.30. The predicted molar refractivity (Wildman–Crippen MR) is 74.9 cm³/mol. The molecule has 0 aliphatic rings. The lowest BCUT2D eigenvalue weighted by molar-refractivity contribution is -0.384. The van der Waals surface area contributed by atoms with E-state index in [4.69, 9.17) is 5.73 Å². The maximum atomic E-state index is 11.2. The van der Waals surface area contributed by atoms with Gasteiger partial charge in [-0.1, -0.05) is 0 Å². The van der Waals surface area contributed by atoms with Crippen molar-refractivity contribution >= 4 is 23.4 Å². The number of nitrogens with zero attached hydrogens (tertiary/aromatic N) is 4. The number of anilines is 1. The second-order valence-electron chi connectivity index (χ2n) is 4.33. The minimum Gasteiger partial charge on any atom is -0.367 e. The molecule has 1 aromatic carbocycles. The first kappa shape index (κ1) is 12.7. The Kier molecular flexibility index (Phi) is 2.83. The SMILES string of the molecule is Nc1ncc2c(-c3ccc([N+](=O)[O-])cc3)c(C=O)cn2n1. The van der Waals surface area contributed by atoms with Gasteiger partial charge in [-0.05, 0) is 17.7 Å². The van der Waals surface area contributed by atoms with Crippen LogP contribution < -0.4 is 5.73 Å². The van der Waals surface area contributed by atoms with Crippen LogP contribution in [0.4, 0.5) is 11.6 Å². The van der Waals surface area contributed by atoms with Crippen LogP contribution in [0.5, 0.6) is 0 Å². The summed E-state index contributed by atoms with van der Waals surface area (Å²) in [5.74, 6) is 0.0881. The lowest BCUT2D eigenvalue weighted by Gasteiger charge is -2.01. The topological polar surface area (TPSA) is 116 Å². The molecule has 0 bridgehead atoms. The zero-order valence-corrected chi connectivity index (χ0v) is 10.6. The molecule has 21 heavy (non-hydrogen) atoms. The van der Waals surface area contributed by atoms with Crippen molar-refractivity contribution < 1.29 is 9.72 Å². The molecular weight excluding hydrogens is 274 g/mol. The molecule has 2 heterocycles. The third kappa shape index (κ3) is 2.08. The molecule has 0 amide bonds. The van der Waals surface area contributed by atoms with E-state index in [-0.39, 0.29) is 11.6 Å². The van der Waals surface area contributed by atoms with Crippen molar-refractivity contribution in [3.63, 3.8) is 0 Å². The Morgan fingerprint density at radius 2 is 2.00 bits per heavy atom. The first-order valence-corrected chi connectivity index (χ1v) is 5.94. The van der Waals surface area contributed by atoms with Gasteiger partial charge in [0, 0.05) is 29.5 Å². The molecule has 0 atom stereocenters. The molecule has 3 aromatic rings. The summed E-state index contributed by atoms with van der Waals surface area (Å²) in [6, 6.07) is 5.92. The van der Waals surface area contributed by atoms with Crippen LogP contribution in [0.15, 0.2) is 36.7 Å². The Balaban J connectivity index is 2.23. The average Bonchev–Trinajstić information content (AvgIpc) is 2.84. The highest BCUT2D eigenvalue weighted by molar-refractivity contribution is 5.95. The summed E-state index contributed by atoms with van der Waals surface area (Å²) in [6.45, 7) is 0. The summed E-state index contributed by atoms with van der Waals surface area (Å²) < 4.78 is 1.46. The molecule has 8 nitrogen and oxygen atoms in total. The van der Waals surface area contributed by atoms with E-state index in [1.807, 2.05) is 0 Å². The fraction of sp³-hybridized carbons (Fsp3) is 0. The van der Waals surface area contributed by atoms with E-state index in [1.165, 1.54) is 29.0 Å². The van der Waals surface area contributed by atoms with Gasteiger partial charge in [-0.15, -0.1) is 5.10 Å². The summed E-state index contributed by atoms with van der Waals surface area (Å²) in [5.41, 5.74) is 7.77. The van der Waals surface area contributed by atoms with Crippen LogP contribution in [-0.2, 0) is 0 Å². The van der Waals surface area contributed by atoms with Gasteiger partial charge in [-0.25, -0.2) is 9.50 Å². The van der Waals surface area contributed by atoms with Gasteiger partial charge >= 0.3 is 0 Å². The molecule has 3 rings (SSSR count). The molecule has 8 heteroatoms. The molecule has 2 N–H and O–H groups in total. The summed E-state index contributed by atoms with van der Waals surface area (Å²) >= 11 is 0. The monoisotopic (exact) mass is 283 g/mol. The molecule has 0 unspecified atom stereocenters. The van der Waals surface area contributed by atoms with Crippen molar-refractivity contribution in [3.8, 4) is 11.1 Å². The number of hydrogen-bond donors (Lipinski definition) is 1. The number of nitro groups is 1. The van der Waals surface area contributed by atoms with E-state index in [1.54, 1.807) is 12.1 Å². The fourth-order valence-corrected chi connectivity index (χ4v) is 2.15. The predicted octanol–water partition coefficient (Wildman–Crippen LogP) is 1.70. The molecule has 0 saturated heterocycles. The van der Waals surface area contributed by atoms with Crippen LogP contribution >= 0.6 is 0 Å². The van der Waals surface area contributed by atoms with Gasteiger partial charge < -0.3 is 5.73 Å². The van der Waals surface area contributed by atoms with Crippen molar-refractivity contribution in [1.82, 2.24) is 14.6 Å². The van der Waals surface area contributed by atoms with Gasteiger partial charge in [0.25, 0.3) is 5.69 Å². The van der Waals surface area contributed by atoms with Gasteiger partial charge in [-0.3, -0.25) is 14.9 Å². The molecule has 0 saturated carbocycles. The Morgan fingerprint density at radius 1 is 1.29 bits per heavy atom. The van der Waals surface area contributed by atoms with Crippen LogP contribution in [0.2, 0.25) is 0 Å². The van der Waals surface area contributed by atoms with Crippen molar-refractivity contribution in [2.24, 2.45) is 0 Å². The number of nitrogen functional groups attached to an aromatic ring is 1. The zero-order chi connectivity index (χ0) is 15.0. The largest absolute Gasteiger partial charge is 0.367 e. The van der Waals surface area contributed by atoms with Crippen LogP contribution in [-0.4, -0.2) is 25.8 Å². The van der Waals surface area contributed by atoms with Crippen LogP contribution in [0.1, 0.15) is 10.4 Å². The third-order valence-corrected chi connectivity index (χ3v) is 3.08. The average molecular weight is 283 g/mol.